The van der Waals surface area contributed by atoms with Gasteiger partial charge in [-0.1, -0.05) is 18.6 Å². The van der Waals surface area contributed by atoms with Gasteiger partial charge in [-0.3, -0.25) is 4.79 Å². The second kappa shape index (κ2) is 8.96. The Morgan fingerprint density at radius 3 is 2.32 bits per heavy atom. The number of carboxylic acid groups (broad SMARTS) is 1. The largest absolute Gasteiger partial charge is 0.550 e. The van der Waals surface area contributed by atoms with Crippen LogP contribution in [-0.4, -0.2) is 44.2 Å². The summed E-state index contributed by atoms with van der Waals surface area (Å²) in [6.07, 6.45) is 3.17. The van der Waals surface area contributed by atoms with Crippen LogP contribution in [0.15, 0.2) is 29.2 Å². The highest BCUT2D eigenvalue weighted by Crippen LogP contribution is 2.20. The van der Waals surface area contributed by atoms with E-state index in [1.54, 1.807) is 12.1 Å². The Morgan fingerprint density at radius 2 is 1.72 bits per heavy atom. The van der Waals surface area contributed by atoms with Gasteiger partial charge in [0.25, 0.3) is 0 Å². The summed E-state index contributed by atoms with van der Waals surface area (Å²) in [5, 5.41) is 12.9. The van der Waals surface area contributed by atoms with Gasteiger partial charge in [0.2, 0.25) is 15.9 Å². The zero-order valence-corrected chi connectivity index (χ0v) is 14.9. The zero-order chi connectivity index (χ0) is 18.3. The van der Waals surface area contributed by atoms with Crippen molar-refractivity contribution in [1.82, 2.24) is 9.62 Å². The van der Waals surface area contributed by atoms with Gasteiger partial charge in [0.15, 0.2) is 0 Å². The van der Waals surface area contributed by atoms with E-state index in [-0.39, 0.29) is 30.2 Å². The van der Waals surface area contributed by atoms with Crippen LogP contribution in [0.3, 0.4) is 0 Å². The van der Waals surface area contributed by atoms with E-state index in [2.05, 4.69) is 5.32 Å². The van der Waals surface area contributed by atoms with Crippen LogP contribution < -0.4 is 10.4 Å². The van der Waals surface area contributed by atoms with Crippen molar-refractivity contribution >= 4 is 21.9 Å². The van der Waals surface area contributed by atoms with E-state index in [9.17, 15) is 23.1 Å². The van der Waals surface area contributed by atoms with Gasteiger partial charge < -0.3 is 15.2 Å². The van der Waals surface area contributed by atoms with Crippen LogP contribution in [0.1, 0.15) is 37.7 Å². The molecule has 1 aliphatic rings. The molecule has 1 aliphatic heterocycles. The summed E-state index contributed by atoms with van der Waals surface area (Å²) in [5.74, 6) is -1.37. The van der Waals surface area contributed by atoms with E-state index < -0.39 is 16.0 Å². The Hall–Kier alpha value is -1.93. The van der Waals surface area contributed by atoms with Gasteiger partial charge in [-0.25, -0.2) is 8.42 Å². The van der Waals surface area contributed by atoms with Crippen LogP contribution in [-0.2, 0) is 26.0 Å². The molecular formula is C17H23N2O5S-. The molecule has 0 atom stereocenters. The van der Waals surface area contributed by atoms with E-state index in [1.165, 1.54) is 16.4 Å². The van der Waals surface area contributed by atoms with Crippen LogP contribution in [0, 0.1) is 0 Å². The van der Waals surface area contributed by atoms with Crippen molar-refractivity contribution in [1.29, 1.82) is 0 Å². The third-order valence-electron chi connectivity index (χ3n) is 4.12. The Balaban J connectivity index is 1.88. The first-order valence-electron chi connectivity index (χ1n) is 8.45. The molecule has 1 aromatic rings. The number of benzene rings is 1. The molecule has 8 heteroatoms. The SMILES string of the molecule is O=C([O-])CCCNC(=O)Cc1ccc(S(=O)(=O)N2CCCCC2)cc1. The summed E-state index contributed by atoms with van der Waals surface area (Å²) < 4.78 is 26.6. The van der Waals surface area contributed by atoms with Crippen molar-refractivity contribution in [3.63, 3.8) is 0 Å². The van der Waals surface area contributed by atoms with Gasteiger partial charge in [0.1, 0.15) is 0 Å². The summed E-state index contributed by atoms with van der Waals surface area (Å²) >= 11 is 0. The topological polar surface area (TPSA) is 107 Å². The molecule has 2 rings (SSSR count). The number of nitrogens with one attached hydrogen (secondary N) is 1. The predicted octanol–water partition coefficient (Wildman–Crippen LogP) is 0.0500. The molecule has 0 bridgehead atoms. The van der Waals surface area contributed by atoms with Gasteiger partial charge >= 0.3 is 0 Å². The van der Waals surface area contributed by atoms with E-state index in [4.69, 9.17) is 0 Å². The highest BCUT2D eigenvalue weighted by Gasteiger charge is 2.25. The van der Waals surface area contributed by atoms with Crippen molar-refractivity contribution in [2.75, 3.05) is 19.6 Å². The highest BCUT2D eigenvalue weighted by molar-refractivity contribution is 7.89. The van der Waals surface area contributed by atoms with Crippen LogP contribution in [0.25, 0.3) is 0 Å². The number of nitrogens with zero attached hydrogens (tertiary/aromatic N) is 1. The normalized spacial score (nSPS) is 15.7. The molecule has 1 heterocycles. The molecular weight excluding hydrogens is 344 g/mol. The van der Waals surface area contributed by atoms with Crippen molar-refractivity contribution in [3.05, 3.63) is 29.8 Å². The summed E-state index contributed by atoms with van der Waals surface area (Å²) in [5.41, 5.74) is 0.704. The van der Waals surface area contributed by atoms with E-state index in [1.807, 2.05) is 0 Å². The molecule has 1 fully saturated rings. The summed E-state index contributed by atoms with van der Waals surface area (Å²) in [6, 6.07) is 6.33. The minimum absolute atomic E-state index is 0.0939. The first kappa shape index (κ1) is 19.4. The number of hydrogen-bond donors (Lipinski definition) is 1. The molecule has 0 saturated carbocycles. The lowest BCUT2D eigenvalue weighted by Gasteiger charge is -2.25. The number of amides is 1. The number of rotatable bonds is 8. The lowest BCUT2D eigenvalue weighted by molar-refractivity contribution is -0.305. The Morgan fingerprint density at radius 1 is 1.08 bits per heavy atom. The molecule has 1 N–H and O–H groups in total. The lowest BCUT2D eigenvalue weighted by Crippen LogP contribution is -2.35. The van der Waals surface area contributed by atoms with Crippen molar-refractivity contribution in [2.24, 2.45) is 0 Å². The van der Waals surface area contributed by atoms with Crippen LogP contribution in [0.2, 0.25) is 0 Å². The number of hydrogen-bond acceptors (Lipinski definition) is 5. The number of aliphatic carboxylic acids is 1. The zero-order valence-electron chi connectivity index (χ0n) is 14.1. The molecule has 138 valence electrons. The van der Waals surface area contributed by atoms with E-state index in [0.717, 1.165) is 19.3 Å². The van der Waals surface area contributed by atoms with Crippen molar-refractivity contribution in [2.45, 2.75) is 43.4 Å². The molecule has 0 spiro atoms. The third kappa shape index (κ3) is 5.82. The maximum absolute atomic E-state index is 12.5. The number of carbonyl (C=O) groups excluding carboxylic acids is 2. The summed E-state index contributed by atoms with van der Waals surface area (Å²) in [7, 11) is -3.46. The Labute approximate surface area is 148 Å². The maximum atomic E-state index is 12.5. The average Bonchev–Trinajstić information content (AvgIpc) is 2.60. The van der Waals surface area contributed by atoms with Gasteiger partial charge in [0, 0.05) is 25.6 Å². The smallest absolute Gasteiger partial charge is 0.243 e. The number of carboxylic acids is 1. The Kier molecular flexibility index (Phi) is 6.95. The fourth-order valence-electron chi connectivity index (χ4n) is 2.74. The molecule has 0 aliphatic carbocycles. The molecule has 0 aromatic heterocycles. The van der Waals surface area contributed by atoms with Gasteiger partial charge in [-0.05, 0) is 43.4 Å². The van der Waals surface area contributed by atoms with Gasteiger partial charge in [-0.2, -0.15) is 4.31 Å². The van der Waals surface area contributed by atoms with Crippen molar-refractivity contribution in [3.8, 4) is 0 Å². The predicted molar refractivity (Wildman–Crippen MR) is 90.0 cm³/mol. The highest BCUT2D eigenvalue weighted by atomic mass is 32.2. The molecule has 0 radical (unpaired) electrons. The van der Waals surface area contributed by atoms with Crippen LogP contribution in [0.5, 0.6) is 0 Å². The maximum Gasteiger partial charge on any atom is 0.243 e. The fraction of sp³-hybridized carbons (Fsp3) is 0.529. The molecule has 7 nitrogen and oxygen atoms in total. The third-order valence-corrected chi connectivity index (χ3v) is 6.03. The molecule has 1 saturated heterocycles. The average molecular weight is 367 g/mol. The summed E-state index contributed by atoms with van der Waals surface area (Å²) in [6.45, 7) is 1.38. The molecule has 1 amide bonds. The minimum Gasteiger partial charge on any atom is -0.550 e. The fourth-order valence-corrected chi connectivity index (χ4v) is 4.26. The molecule has 25 heavy (non-hydrogen) atoms. The van der Waals surface area contributed by atoms with E-state index in [0.29, 0.717) is 25.1 Å². The molecule has 0 unspecified atom stereocenters. The molecule has 1 aromatic carbocycles. The first-order chi connectivity index (χ1) is 11.9. The number of sulfonamides is 1. The second-order valence-corrected chi connectivity index (χ2v) is 8.05. The quantitative estimate of drug-likeness (QED) is 0.654. The van der Waals surface area contributed by atoms with Gasteiger partial charge in [0.05, 0.1) is 11.3 Å². The van der Waals surface area contributed by atoms with Crippen molar-refractivity contribution < 1.29 is 23.1 Å². The number of piperidine rings is 1. The first-order valence-corrected chi connectivity index (χ1v) is 9.89. The monoisotopic (exact) mass is 367 g/mol. The van der Waals surface area contributed by atoms with Crippen LogP contribution >= 0.6 is 0 Å². The number of carbonyl (C=O) groups is 2. The standard InChI is InChI=1S/C17H24N2O5S/c20-16(18-10-4-5-17(21)22)13-14-6-8-15(9-7-14)25(23,24)19-11-2-1-3-12-19/h6-9H,1-5,10-13H2,(H,18,20)(H,21,22)/p-1. The minimum atomic E-state index is -3.46. The summed E-state index contributed by atoms with van der Waals surface area (Å²) in [4.78, 5) is 22.3. The van der Waals surface area contributed by atoms with E-state index >= 15 is 0 Å². The van der Waals surface area contributed by atoms with Crippen LogP contribution in [0.4, 0.5) is 0 Å². The van der Waals surface area contributed by atoms with Gasteiger partial charge in [-0.15, -0.1) is 0 Å². The lowest BCUT2D eigenvalue weighted by atomic mass is 10.1. The second-order valence-electron chi connectivity index (χ2n) is 6.11. The Bertz CT molecular complexity index is 694.